The highest BCUT2D eigenvalue weighted by Gasteiger charge is 2.36. The van der Waals surface area contributed by atoms with Crippen LogP contribution < -0.4 is 10.1 Å². The average Bonchev–Trinajstić information content (AvgIpc) is 2.92. The zero-order valence-electron chi connectivity index (χ0n) is 16.7. The predicted molar refractivity (Wildman–Crippen MR) is 115 cm³/mol. The van der Waals surface area contributed by atoms with Crippen molar-refractivity contribution in [2.45, 2.75) is 20.8 Å². The van der Waals surface area contributed by atoms with E-state index >= 15 is 0 Å². The number of hydrogen-bond donors (Lipinski definition) is 1. The Bertz CT molecular complexity index is 1060. The van der Waals surface area contributed by atoms with Gasteiger partial charge in [0.1, 0.15) is 12.3 Å². The van der Waals surface area contributed by atoms with Crippen LogP contribution in [0.15, 0.2) is 47.4 Å². The third kappa shape index (κ3) is 5.15. The van der Waals surface area contributed by atoms with Crippen molar-refractivity contribution in [1.82, 2.24) is 4.90 Å². The molecule has 0 atom stereocenters. The first-order valence-electron chi connectivity index (χ1n) is 9.14. The summed E-state index contributed by atoms with van der Waals surface area (Å²) < 4.78 is 4.96. The van der Waals surface area contributed by atoms with Crippen molar-refractivity contribution in [3.8, 4) is 5.75 Å². The topological polar surface area (TPSA) is 92.8 Å². The number of nitrogens with zero attached hydrogens (tertiary/aromatic N) is 1. The lowest BCUT2D eigenvalue weighted by Crippen LogP contribution is -2.36. The van der Waals surface area contributed by atoms with Crippen LogP contribution in [0.2, 0.25) is 0 Å². The zero-order valence-corrected chi connectivity index (χ0v) is 17.5. The number of thioether (sulfide) groups is 1. The van der Waals surface area contributed by atoms with E-state index in [4.69, 9.17) is 4.74 Å². The number of carbonyl (C=O) groups is 4. The minimum Gasteiger partial charge on any atom is -0.427 e. The number of benzene rings is 2. The monoisotopic (exact) mass is 424 g/mol. The molecule has 0 aliphatic carbocycles. The molecule has 30 heavy (non-hydrogen) atoms. The molecule has 0 spiro atoms. The highest BCUT2D eigenvalue weighted by Crippen LogP contribution is 2.32. The maximum atomic E-state index is 12.6. The molecular weight excluding hydrogens is 404 g/mol. The molecule has 0 radical (unpaired) electrons. The van der Waals surface area contributed by atoms with Crippen LogP contribution in [0.25, 0.3) is 6.08 Å². The fourth-order valence-electron chi connectivity index (χ4n) is 2.87. The number of ether oxygens (including phenoxy) is 1. The maximum absolute atomic E-state index is 12.6. The highest BCUT2D eigenvalue weighted by atomic mass is 32.2. The number of aryl methyl sites for hydroxylation is 2. The van der Waals surface area contributed by atoms with Gasteiger partial charge in [-0.25, -0.2) is 0 Å². The second-order valence-corrected chi connectivity index (χ2v) is 7.79. The Morgan fingerprint density at radius 2 is 1.80 bits per heavy atom. The largest absolute Gasteiger partial charge is 0.427 e. The Kier molecular flexibility index (Phi) is 6.37. The molecule has 1 fully saturated rings. The minimum absolute atomic E-state index is 0.222. The summed E-state index contributed by atoms with van der Waals surface area (Å²) >= 11 is 0.778. The summed E-state index contributed by atoms with van der Waals surface area (Å²) in [7, 11) is 0. The molecule has 3 amide bonds. The predicted octanol–water partition coefficient (Wildman–Crippen LogP) is 3.90. The first kappa shape index (κ1) is 21.3. The van der Waals surface area contributed by atoms with E-state index in [0.29, 0.717) is 17.0 Å². The summed E-state index contributed by atoms with van der Waals surface area (Å²) in [5.41, 5.74) is 3.27. The van der Waals surface area contributed by atoms with Crippen LogP contribution in [0.1, 0.15) is 23.6 Å². The van der Waals surface area contributed by atoms with Crippen molar-refractivity contribution in [2.24, 2.45) is 0 Å². The Morgan fingerprint density at radius 1 is 1.10 bits per heavy atom. The Morgan fingerprint density at radius 3 is 2.43 bits per heavy atom. The van der Waals surface area contributed by atoms with Gasteiger partial charge in [-0.2, -0.15) is 0 Å². The lowest BCUT2D eigenvalue weighted by molar-refractivity contribution is -0.131. The second-order valence-electron chi connectivity index (χ2n) is 6.80. The minimum atomic E-state index is -0.523. The van der Waals surface area contributed by atoms with Crippen molar-refractivity contribution in [2.75, 3.05) is 11.9 Å². The van der Waals surface area contributed by atoms with Crippen LogP contribution in [0.3, 0.4) is 0 Å². The number of amides is 3. The first-order chi connectivity index (χ1) is 14.2. The van der Waals surface area contributed by atoms with Gasteiger partial charge in [0.2, 0.25) is 5.91 Å². The number of carbonyl (C=O) groups excluding carboxylic acids is 4. The third-order valence-corrected chi connectivity index (χ3v) is 5.18. The molecule has 2 aromatic rings. The molecule has 0 bridgehead atoms. The van der Waals surface area contributed by atoms with Crippen LogP contribution in [0, 0.1) is 13.8 Å². The number of rotatable bonds is 5. The van der Waals surface area contributed by atoms with Crippen molar-refractivity contribution in [1.29, 1.82) is 0 Å². The molecule has 3 rings (SSSR count). The van der Waals surface area contributed by atoms with Gasteiger partial charge in [-0.05, 0) is 61.0 Å². The number of nitrogens with one attached hydrogen (secondary N) is 1. The van der Waals surface area contributed by atoms with Gasteiger partial charge in [-0.1, -0.05) is 29.8 Å². The van der Waals surface area contributed by atoms with Crippen molar-refractivity contribution in [3.05, 3.63) is 64.1 Å². The van der Waals surface area contributed by atoms with Crippen LogP contribution >= 0.6 is 11.8 Å². The van der Waals surface area contributed by atoms with E-state index in [1.54, 1.807) is 36.4 Å². The van der Waals surface area contributed by atoms with Gasteiger partial charge in [0.05, 0.1) is 4.91 Å². The average molecular weight is 424 g/mol. The van der Waals surface area contributed by atoms with E-state index in [1.165, 1.54) is 6.92 Å². The first-order valence-corrected chi connectivity index (χ1v) is 9.95. The molecule has 0 unspecified atom stereocenters. The molecule has 0 saturated carbocycles. The van der Waals surface area contributed by atoms with Gasteiger partial charge >= 0.3 is 5.97 Å². The summed E-state index contributed by atoms with van der Waals surface area (Å²) in [6, 6.07) is 12.1. The molecule has 1 aliphatic rings. The summed E-state index contributed by atoms with van der Waals surface area (Å²) in [5.74, 6) is -1.01. The van der Waals surface area contributed by atoms with Gasteiger partial charge in [0, 0.05) is 12.6 Å². The van der Waals surface area contributed by atoms with Crippen LogP contribution in [0.4, 0.5) is 10.5 Å². The molecule has 0 aromatic heterocycles. The SMILES string of the molecule is CC(=O)Oc1ccc(/C=C2/SC(=O)N(CC(=O)Nc3ccc(C)cc3C)C2=O)cc1. The molecule has 1 heterocycles. The summed E-state index contributed by atoms with van der Waals surface area (Å²) in [5, 5.41) is 2.24. The molecular formula is C22H20N2O5S. The number of imide groups is 1. The van der Waals surface area contributed by atoms with E-state index in [9.17, 15) is 19.2 Å². The third-order valence-electron chi connectivity index (χ3n) is 4.27. The van der Waals surface area contributed by atoms with Gasteiger partial charge in [-0.15, -0.1) is 0 Å². The second kappa shape index (κ2) is 8.96. The Hall–Kier alpha value is -3.39. The van der Waals surface area contributed by atoms with Gasteiger partial charge in [-0.3, -0.25) is 24.1 Å². The van der Waals surface area contributed by atoms with Gasteiger partial charge in [0.25, 0.3) is 11.1 Å². The molecule has 7 nitrogen and oxygen atoms in total. The van der Waals surface area contributed by atoms with Crippen LogP contribution in [-0.4, -0.2) is 34.5 Å². The highest BCUT2D eigenvalue weighted by molar-refractivity contribution is 8.18. The summed E-state index contributed by atoms with van der Waals surface area (Å²) in [6.07, 6.45) is 1.56. The molecule has 154 valence electrons. The molecule has 2 aromatic carbocycles. The smallest absolute Gasteiger partial charge is 0.308 e. The fourth-order valence-corrected chi connectivity index (χ4v) is 3.71. The van der Waals surface area contributed by atoms with Crippen molar-refractivity contribution in [3.63, 3.8) is 0 Å². The maximum Gasteiger partial charge on any atom is 0.308 e. The Labute approximate surface area is 178 Å². The van der Waals surface area contributed by atoms with Crippen molar-refractivity contribution < 1.29 is 23.9 Å². The lowest BCUT2D eigenvalue weighted by Gasteiger charge is -2.14. The number of anilines is 1. The van der Waals surface area contributed by atoms with E-state index in [0.717, 1.165) is 27.8 Å². The van der Waals surface area contributed by atoms with E-state index < -0.39 is 23.0 Å². The lowest BCUT2D eigenvalue weighted by atomic mass is 10.1. The Balaban J connectivity index is 1.67. The quantitative estimate of drug-likeness (QED) is 0.445. The van der Waals surface area contributed by atoms with Gasteiger partial charge in [0.15, 0.2) is 0 Å². The molecule has 1 saturated heterocycles. The number of esters is 1. The standard InChI is InChI=1S/C22H20N2O5S/c1-13-4-9-18(14(2)10-13)23-20(26)12-24-21(27)19(30-22(24)28)11-16-5-7-17(8-6-16)29-15(3)25/h4-11H,12H2,1-3H3,(H,23,26)/b19-11+. The summed E-state index contributed by atoms with van der Waals surface area (Å²) in [6.45, 7) is 4.77. The van der Waals surface area contributed by atoms with E-state index in [1.807, 2.05) is 26.0 Å². The summed E-state index contributed by atoms with van der Waals surface area (Å²) in [4.78, 5) is 49.3. The normalized spacial score (nSPS) is 14.9. The van der Waals surface area contributed by atoms with E-state index in [2.05, 4.69) is 5.32 Å². The fraction of sp³-hybridized carbons (Fsp3) is 0.182. The van der Waals surface area contributed by atoms with Crippen LogP contribution in [0.5, 0.6) is 5.75 Å². The van der Waals surface area contributed by atoms with E-state index in [-0.39, 0.29) is 11.4 Å². The molecule has 1 N–H and O–H groups in total. The van der Waals surface area contributed by atoms with Crippen LogP contribution in [-0.2, 0) is 14.4 Å². The van der Waals surface area contributed by atoms with Crippen molar-refractivity contribution >= 4 is 46.5 Å². The zero-order chi connectivity index (χ0) is 21.8. The molecule has 8 heteroatoms. The number of hydrogen-bond acceptors (Lipinski definition) is 6. The molecule has 1 aliphatic heterocycles. The van der Waals surface area contributed by atoms with Gasteiger partial charge < -0.3 is 10.1 Å².